The monoisotopic (exact) mass is 396 g/mol. The quantitative estimate of drug-likeness (QED) is 0.618. The number of phenols is 1. The average molecular weight is 396 g/mol. The topological polar surface area (TPSA) is 71.5 Å². The third-order valence-electron chi connectivity index (χ3n) is 4.93. The molecule has 0 saturated heterocycles. The summed E-state index contributed by atoms with van der Waals surface area (Å²) < 4.78 is 18.6. The fourth-order valence-electron chi connectivity index (χ4n) is 3.06. The molecule has 5 nitrogen and oxygen atoms in total. The van der Waals surface area contributed by atoms with Gasteiger partial charge in [0.2, 0.25) is 0 Å². The summed E-state index contributed by atoms with van der Waals surface area (Å²) in [5.74, 6) is -0.351. The number of hydrogen-bond donors (Lipinski definition) is 2. The Hall–Kier alpha value is -2.99. The lowest BCUT2D eigenvalue weighted by Crippen LogP contribution is -2.34. The van der Waals surface area contributed by atoms with Crippen molar-refractivity contribution in [1.82, 2.24) is 10.3 Å². The second kappa shape index (κ2) is 9.98. The lowest BCUT2D eigenvalue weighted by Gasteiger charge is -2.26. The number of carbonyl (C=O) groups is 1. The van der Waals surface area contributed by atoms with Crippen LogP contribution in [0, 0.1) is 5.82 Å². The first-order chi connectivity index (χ1) is 14.1. The van der Waals surface area contributed by atoms with Crippen molar-refractivity contribution in [2.24, 2.45) is 0 Å². The van der Waals surface area contributed by atoms with Crippen LogP contribution in [-0.4, -0.2) is 28.7 Å². The van der Waals surface area contributed by atoms with Gasteiger partial charge < -0.3 is 15.2 Å². The summed E-state index contributed by atoms with van der Waals surface area (Å²) in [6.45, 7) is 2.72. The van der Waals surface area contributed by atoms with Gasteiger partial charge in [-0.15, -0.1) is 0 Å². The van der Waals surface area contributed by atoms with Crippen molar-refractivity contribution in [2.75, 3.05) is 6.61 Å². The van der Waals surface area contributed by atoms with Crippen LogP contribution in [0.5, 0.6) is 5.75 Å². The molecule has 0 amide bonds. The van der Waals surface area contributed by atoms with E-state index in [1.165, 1.54) is 49.6 Å². The fraction of sp³-hybridized carbons (Fsp3) is 0.304. The van der Waals surface area contributed by atoms with Crippen LogP contribution in [0.2, 0.25) is 0 Å². The van der Waals surface area contributed by atoms with Gasteiger partial charge in [0.25, 0.3) is 0 Å². The Morgan fingerprint density at radius 1 is 1.21 bits per heavy atom. The maximum atomic E-state index is 13.8. The summed E-state index contributed by atoms with van der Waals surface area (Å²) >= 11 is 0. The molecule has 0 spiro atoms. The van der Waals surface area contributed by atoms with Gasteiger partial charge in [-0.05, 0) is 67.6 Å². The number of aromatic nitrogens is 1. The number of nitrogens with zero attached hydrogens (tertiary/aromatic N) is 1. The van der Waals surface area contributed by atoms with Gasteiger partial charge in [0.1, 0.15) is 11.6 Å². The predicted molar refractivity (Wildman–Crippen MR) is 110 cm³/mol. The highest BCUT2D eigenvalue weighted by Crippen LogP contribution is 2.23. The maximum absolute atomic E-state index is 13.8. The van der Waals surface area contributed by atoms with Gasteiger partial charge in [-0.1, -0.05) is 6.42 Å². The normalized spacial score (nSPS) is 13.3. The lowest BCUT2D eigenvalue weighted by molar-refractivity contribution is 0.0526. The molecular formula is C23H25FN2O3. The van der Waals surface area contributed by atoms with Crippen LogP contribution in [-0.2, 0) is 11.3 Å². The highest BCUT2D eigenvalue weighted by atomic mass is 19.1. The highest BCUT2D eigenvalue weighted by Gasteiger charge is 2.17. The van der Waals surface area contributed by atoms with Gasteiger partial charge in [0, 0.05) is 35.9 Å². The number of pyridine rings is 1. The number of ether oxygens (including phenoxy) is 1. The average Bonchev–Trinajstić information content (AvgIpc) is 2.69. The molecule has 29 heavy (non-hydrogen) atoms. The van der Waals surface area contributed by atoms with E-state index < -0.39 is 0 Å². The van der Waals surface area contributed by atoms with E-state index in [2.05, 4.69) is 10.3 Å². The second-order valence-electron chi connectivity index (χ2n) is 6.90. The third kappa shape index (κ3) is 5.51. The molecule has 0 radical (unpaired) electrons. The first-order valence-electron chi connectivity index (χ1n) is 9.79. The molecule has 0 bridgehead atoms. The number of phenolic OH excluding ortho intramolecular Hbond substituents is 1. The molecular weight excluding hydrogens is 371 g/mol. The van der Waals surface area contributed by atoms with E-state index in [9.17, 15) is 9.18 Å². The van der Waals surface area contributed by atoms with E-state index in [1.807, 2.05) is 6.07 Å². The fourth-order valence-corrected chi connectivity index (χ4v) is 3.06. The first-order valence-corrected chi connectivity index (χ1v) is 9.79. The minimum absolute atomic E-state index is 0.129. The summed E-state index contributed by atoms with van der Waals surface area (Å²) in [5, 5.41) is 14.3. The number of rotatable bonds is 5. The number of esters is 1. The van der Waals surface area contributed by atoms with Crippen molar-refractivity contribution in [3.63, 3.8) is 0 Å². The van der Waals surface area contributed by atoms with Crippen molar-refractivity contribution in [2.45, 2.75) is 38.8 Å². The van der Waals surface area contributed by atoms with Gasteiger partial charge >= 0.3 is 5.97 Å². The summed E-state index contributed by atoms with van der Waals surface area (Å²) in [6.07, 6.45) is 7.22. The molecule has 0 atom stereocenters. The lowest BCUT2D eigenvalue weighted by atomic mass is 9.93. The SMILES string of the molecule is CCOC(=O)c1ccc(O)cc1.Fc1ccc2cnccc2c1CNC1CCC1. The molecule has 6 heteroatoms. The molecule has 1 aliphatic carbocycles. The zero-order chi connectivity index (χ0) is 20.6. The largest absolute Gasteiger partial charge is 0.508 e. The number of hydrogen-bond acceptors (Lipinski definition) is 5. The van der Waals surface area contributed by atoms with Crippen molar-refractivity contribution in [3.8, 4) is 5.75 Å². The van der Waals surface area contributed by atoms with Crippen molar-refractivity contribution in [1.29, 1.82) is 0 Å². The van der Waals surface area contributed by atoms with Gasteiger partial charge in [-0.25, -0.2) is 9.18 Å². The Balaban J connectivity index is 0.000000177. The molecule has 2 N–H and O–H groups in total. The van der Waals surface area contributed by atoms with Crippen LogP contribution in [0.3, 0.4) is 0 Å². The number of benzene rings is 2. The number of nitrogens with one attached hydrogen (secondary N) is 1. The zero-order valence-electron chi connectivity index (χ0n) is 16.4. The molecule has 0 aliphatic heterocycles. The van der Waals surface area contributed by atoms with E-state index in [0.29, 0.717) is 24.8 Å². The smallest absolute Gasteiger partial charge is 0.338 e. The van der Waals surface area contributed by atoms with Crippen molar-refractivity contribution < 1.29 is 19.0 Å². The Bertz CT molecular complexity index is 956. The number of fused-ring (bicyclic) bond motifs is 1. The summed E-state index contributed by atoms with van der Waals surface area (Å²) in [4.78, 5) is 15.1. The van der Waals surface area contributed by atoms with Crippen LogP contribution in [0.4, 0.5) is 4.39 Å². The summed E-state index contributed by atoms with van der Waals surface area (Å²) in [6, 6.07) is 11.7. The minimum Gasteiger partial charge on any atom is -0.508 e. The molecule has 1 heterocycles. The van der Waals surface area contributed by atoms with E-state index >= 15 is 0 Å². The molecule has 4 rings (SSSR count). The Labute approximate surface area is 169 Å². The molecule has 1 saturated carbocycles. The maximum Gasteiger partial charge on any atom is 0.338 e. The highest BCUT2D eigenvalue weighted by molar-refractivity contribution is 5.89. The van der Waals surface area contributed by atoms with Crippen LogP contribution < -0.4 is 5.32 Å². The third-order valence-corrected chi connectivity index (χ3v) is 4.93. The van der Waals surface area contributed by atoms with Gasteiger partial charge in [0.15, 0.2) is 0 Å². The van der Waals surface area contributed by atoms with Gasteiger partial charge in [0.05, 0.1) is 12.2 Å². The molecule has 1 aromatic heterocycles. The zero-order valence-corrected chi connectivity index (χ0v) is 16.4. The predicted octanol–water partition coefficient (Wildman–Crippen LogP) is 4.58. The van der Waals surface area contributed by atoms with E-state index in [1.54, 1.807) is 25.4 Å². The van der Waals surface area contributed by atoms with Crippen LogP contribution in [0.15, 0.2) is 54.9 Å². The standard InChI is InChI=1S/C14H15FN2.C9H10O3/c15-14-5-4-10-8-16-7-6-12(10)13(14)9-17-11-2-1-3-11;1-2-12-9(11)7-3-5-8(10)6-4-7/h4-8,11,17H,1-3,9H2;3-6,10H,2H2,1H3. The van der Waals surface area contributed by atoms with Crippen LogP contribution in [0.1, 0.15) is 42.1 Å². The second-order valence-corrected chi connectivity index (χ2v) is 6.90. The van der Waals surface area contributed by atoms with E-state index in [0.717, 1.165) is 16.3 Å². The van der Waals surface area contributed by atoms with Gasteiger partial charge in [-0.2, -0.15) is 0 Å². The Morgan fingerprint density at radius 2 is 1.97 bits per heavy atom. The van der Waals surface area contributed by atoms with E-state index in [4.69, 9.17) is 9.84 Å². The Kier molecular flexibility index (Phi) is 7.14. The van der Waals surface area contributed by atoms with E-state index in [-0.39, 0.29) is 17.5 Å². The number of carbonyl (C=O) groups excluding carboxylic acids is 1. The molecule has 3 aromatic rings. The van der Waals surface area contributed by atoms with Gasteiger partial charge in [-0.3, -0.25) is 4.98 Å². The van der Waals surface area contributed by atoms with Crippen molar-refractivity contribution in [3.05, 3.63) is 71.8 Å². The molecule has 0 unspecified atom stereocenters. The van der Waals surface area contributed by atoms with Crippen LogP contribution >= 0.6 is 0 Å². The minimum atomic E-state index is -0.363. The Morgan fingerprint density at radius 3 is 2.62 bits per heavy atom. The number of halogens is 1. The van der Waals surface area contributed by atoms with Crippen molar-refractivity contribution >= 4 is 16.7 Å². The first kappa shape index (κ1) is 20.7. The van der Waals surface area contributed by atoms with Crippen LogP contribution in [0.25, 0.3) is 10.8 Å². The molecule has 152 valence electrons. The summed E-state index contributed by atoms with van der Waals surface area (Å²) in [7, 11) is 0. The molecule has 1 fully saturated rings. The number of aromatic hydroxyl groups is 1. The molecule has 1 aliphatic rings. The molecule has 2 aromatic carbocycles. The summed E-state index contributed by atoms with van der Waals surface area (Å²) in [5.41, 5.74) is 1.21.